The molecule has 1 aromatic carbocycles. The molecule has 0 amide bonds. The molecular weight excluding hydrogens is 234 g/mol. The summed E-state index contributed by atoms with van der Waals surface area (Å²) in [5, 5.41) is 1.94. The van der Waals surface area contributed by atoms with Crippen LogP contribution in [0.25, 0.3) is 10.8 Å². The van der Waals surface area contributed by atoms with Crippen molar-refractivity contribution in [3.63, 3.8) is 0 Å². The van der Waals surface area contributed by atoms with Crippen molar-refractivity contribution in [1.82, 2.24) is 4.98 Å². The fraction of sp³-hybridized carbons (Fsp3) is 0.100. The monoisotopic (exact) mass is 241 g/mol. The van der Waals surface area contributed by atoms with Gasteiger partial charge in [0.15, 0.2) is 0 Å². The van der Waals surface area contributed by atoms with Crippen molar-refractivity contribution < 1.29 is 8.42 Å². The second-order valence-electron chi connectivity index (χ2n) is 3.24. The highest BCUT2D eigenvalue weighted by atomic mass is 35.7. The van der Waals surface area contributed by atoms with Gasteiger partial charge >= 0.3 is 0 Å². The average Bonchev–Trinajstić information content (AvgIpc) is 2.15. The molecule has 0 fully saturated rings. The van der Waals surface area contributed by atoms with E-state index in [-0.39, 0.29) is 5.75 Å². The average molecular weight is 242 g/mol. The molecule has 0 aliphatic rings. The van der Waals surface area contributed by atoms with Crippen molar-refractivity contribution >= 4 is 30.5 Å². The first-order chi connectivity index (χ1) is 7.04. The molecule has 0 radical (unpaired) electrons. The van der Waals surface area contributed by atoms with Crippen LogP contribution in [0.3, 0.4) is 0 Å². The second-order valence-corrected chi connectivity index (χ2v) is 6.02. The van der Waals surface area contributed by atoms with Crippen LogP contribution in [-0.4, -0.2) is 13.4 Å². The zero-order valence-electron chi connectivity index (χ0n) is 7.72. The molecule has 5 heteroatoms. The molecule has 3 nitrogen and oxygen atoms in total. The van der Waals surface area contributed by atoms with Crippen molar-refractivity contribution in [1.29, 1.82) is 0 Å². The van der Waals surface area contributed by atoms with Crippen LogP contribution >= 0.6 is 10.7 Å². The molecule has 0 aliphatic carbocycles. The summed E-state index contributed by atoms with van der Waals surface area (Å²) in [5.41, 5.74) is 0.684. The van der Waals surface area contributed by atoms with E-state index in [0.717, 1.165) is 10.8 Å². The van der Waals surface area contributed by atoms with Crippen molar-refractivity contribution in [3.8, 4) is 0 Å². The van der Waals surface area contributed by atoms with Gasteiger partial charge in [-0.2, -0.15) is 0 Å². The fourth-order valence-corrected chi connectivity index (χ4v) is 2.38. The molecule has 0 atom stereocenters. The molecular formula is C10H8ClNO2S. The Morgan fingerprint density at radius 1 is 1.20 bits per heavy atom. The Kier molecular flexibility index (Phi) is 2.63. The van der Waals surface area contributed by atoms with Crippen molar-refractivity contribution in [3.05, 3.63) is 42.2 Å². The van der Waals surface area contributed by atoms with Crippen molar-refractivity contribution in [2.45, 2.75) is 5.75 Å². The van der Waals surface area contributed by atoms with Gasteiger partial charge in [-0.3, -0.25) is 4.98 Å². The Hall–Kier alpha value is -1.13. The third kappa shape index (κ3) is 2.67. The van der Waals surface area contributed by atoms with Crippen LogP contribution in [0.15, 0.2) is 36.7 Å². The number of benzene rings is 1. The zero-order valence-corrected chi connectivity index (χ0v) is 9.29. The van der Waals surface area contributed by atoms with E-state index in [4.69, 9.17) is 10.7 Å². The molecule has 2 rings (SSSR count). The summed E-state index contributed by atoms with van der Waals surface area (Å²) in [6.45, 7) is 0. The highest BCUT2D eigenvalue weighted by Crippen LogP contribution is 2.17. The SMILES string of the molecule is O=S(=O)(Cl)Cc1ccc2cnccc2c1. The Bertz CT molecular complexity index is 595. The Labute approximate surface area is 92.1 Å². The Morgan fingerprint density at radius 3 is 2.73 bits per heavy atom. The van der Waals surface area contributed by atoms with E-state index in [1.165, 1.54) is 0 Å². The molecule has 0 saturated carbocycles. The van der Waals surface area contributed by atoms with Gasteiger partial charge in [-0.1, -0.05) is 12.1 Å². The number of rotatable bonds is 2. The van der Waals surface area contributed by atoms with Crippen LogP contribution in [0.5, 0.6) is 0 Å². The van der Waals surface area contributed by atoms with Gasteiger partial charge < -0.3 is 0 Å². The summed E-state index contributed by atoms with van der Waals surface area (Å²) in [5.74, 6) is -0.146. The molecule has 0 unspecified atom stereocenters. The second kappa shape index (κ2) is 3.79. The predicted molar refractivity (Wildman–Crippen MR) is 60.2 cm³/mol. The highest BCUT2D eigenvalue weighted by molar-refractivity contribution is 8.13. The minimum absolute atomic E-state index is 0.146. The topological polar surface area (TPSA) is 47.0 Å². The molecule has 15 heavy (non-hydrogen) atoms. The summed E-state index contributed by atoms with van der Waals surface area (Å²) in [6.07, 6.45) is 3.40. The zero-order chi connectivity index (χ0) is 10.9. The maximum absolute atomic E-state index is 10.9. The smallest absolute Gasteiger partial charge is 0.236 e. The summed E-state index contributed by atoms with van der Waals surface area (Å²) >= 11 is 0. The van der Waals surface area contributed by atoms with Gasteiger partial charge in [0.05, 0.1) is 5.75 Å². The maximum Gasteiger partial charge on any atom is 0.236 e. The van der Waals surface area contributed by atoms with Gasteiger partial charge in [-0.25, -0.2) is 8.42 Å². The molecule has 78 valence electrons. The van der Waals surface area contributed by atoms with E-state index in [1.807, 2.05) is 12.1 Å². The third-order valence-electron chi connectivity index (χ3n) is 2.04. The van der Waals surface area contributed by atoms with Crippen molar-refractivity contribution in [2.75, 3.05) is 0 Å². The predicted octanol–water partition coefficient (Wildman–Crippen LogP) is 2.30. The normalized spacial score (nSPS) is 11.8. The van der Waals surface area contributed by atoms with Gasteiger partial charge in [0.25, 0.3) is 0 Å². The van der Waals surface area contributed by atoms with Crippen LogP contribution < -0.4 is 0 Å². The standard InChI is InChI=1S/C10H8ClNO2S/c11-15(13,14)7-8-1-2-10-6-12-4-3-9(10)5-8/h1-6H,7H2. The van der Waals surface area contributed by atoms with Gasteiger partial charge in [-0.15, -0.1) is 0 Å². The summed E-state index contributed by atoms with van der Waals surface area (Å²) in [4.78, 5) is 3.97. The molecule has 0 bridgehead atoms. The lowest BCUT2D eigenvalue weighted by Crippen LogP contribution is -1.94. The van der Waals surface area contributed by atoms with E-state index in [1.54, 1.807) is 24.5 Å². The number of aromatic nitrogens is 1. The van der Waals surface area contributed by atoms with Crippen LogP contribution in [0.4, 0.5) is 0 Å². The number of nitrogens with zero attached hydrogens (tertiary/aromatic N) is 1. The lowest BCUT2D eigenvalue weighted by molar-refractivity contribution is 0.609. The van der Waals surface area contributed by atoms with Crippen LogP contribution in [-0.2, 0) is 14.8 Å². The molecule has 0 aliphatic heterocycles. The van der Waals surface area contributed by atoms with E-state index in [0.29, 0.717) is 5.56 Å². The number of hydrogen-bond donors (Lipinski definition) is 0. The number of halogens is 1. The first kappa shape index (κ1) is 10.4. The highest BCUT2D eigenvalue weighted by Gasteiger charge is 2.07. The summed E-state index contributed by atoms with van der Waals surface area (Å²) in [6, 6.07) is 7.21. The number of hydrogen-bond acceptors (Lipinski definition) is 3. The van der Waals surface area contributed by atoms with Gasteiger partial charge in [0.1, 0.15) is 0 Å². The minimum Gasteiger partial charge on any atom is -0.264 e. The van der Waals surface area contributed by atoms with Gasteiger partial charge in [0.2, 0.25) is 9.05 Å². The molecule has 0 spiro atoms. The quantitative estimate of drug-likeness (QED) is 0.758. The lowest BCUT2D eigenvalue weighted by atomic mass is 10.1. The number of pyridine rings is 1. The Balaban J connectivity index is 2.48. The summed E-state index contributed by atoms with van der Waals surface area (Å²) < 4.78 is 21.8. The molecule has 1 heterocycles. The molecule has 1 aromatic heterocycles. The molecule has 0 N–H and O–H groups in total. The first-order valence-corrected chi connectivity index (χ1v) is 6.77. The largest absolute Gasteiger partial charge is 0.264 e. The van der Waals surface area contributed by atoms with Crippen LogP contribution in [0.1, 0.15) is 5.56 Å². The fourth-order valence-electron chi connectivity index (χ4n) is 1.42. The molecule has 0 saturated heterocycles. The van der Waals surface area contributed by atoms with Crippen LogP contribution in [0.2, 0.25) is 0 Å². The van der Waals surface area contributed by atoms with Gasteiger partial charge in [0, 0.05) is 28.5 Å². The lowest BCUT2D eigenvalue weighted by Gasteiger charge is -2.00. The third-order valence-corrected chi connectivity index (χ3v) is 3.05. The maximum atomic E-state index is 10.9. The van der Waals surface area contributed by atoms with E-state index < -0.39 is 9.05 Å². The number of fused-ring (bicyclic) bond motifs is 1. The Morgan fingerprint density at radius 2 is 2.00 bits per heavy atom. The van der Waals surface area contributed by atoms with Gasteiger partial charge in [-0.05, 0) is 23.1 Å². The van der Waals surface area contributed by atoms with E-state index in [9.17, 15) is 8.42 Å². The first-order valence-electron chi connectivity index (χ1n) is 4.29. The van der Waals surface area contributed by atoms with E-state index >= 15 is 0 Å². The van der Waals surface area contributed by atoms with E-state index in [2.05, 4.69) is 4.98 Å². The summed E-state index contributed by atoms with van der Waals surface area (Å²) in [7, 11) is 1.69. The minimum atomic E-state index is -3.49. The molecule has 2 aromatic rings. The van der Waals surface area contributed by atoms with Crippen LogP contribution in [0, 0.1) is 0 Å². The van der Waals surface area contributed by atoms with Crippen molar-refractivity contribution in [2.24, 2.45) is 0 Å².